The maximum atomic E-state index is 13.0. The molecule has 1 amide bonds. The van der Waals surface area contributed by atoms with E-state index in [4.69, 9.17) is 0 Å². The van der Waals surface area contributed by atoms with Crippen LogP contribution in [0.2, 0.25) is 0 Å². The molecule has 3 heterocycles. The highest BCUT2D eigenvalue weighted by atomic mass is 19.4. The Morgan fingerprint density at radius 2 is 1.83 bits per heavy atom. The standard InChI is InChI=1S/C19H18F3N5O3/c1-25-17(19(20,21)22)24-27(18(25)30)11-6-8-26(9-7-11)16(29)13-10-15(28)23-14-5-3-2-4-12(13)14/h2-5,10-11H,6-9H2,1H3,(H,23,28). The fraction of sp³-hybridized carbons (Fsp3) is 0.368. The minimum atomic E-state index is -4.72. The first-order chi connectivity index (χ1) is 14.2. The second kappa shape index (κ2) is 7.15. The van der Waals surface area contributed by atoms with E-state index in [1.54, 1.807) is 24.3 Å². The summed E-state index contributed by atoms with van der Waals surface area (Å²) in [6.07, 6.45) is -4.17. The zero-order valence-electron chi connectivity index (χ0n) is 15.9. The van der Waals surface area contributed by atoms with Crippen LogP contribution in [-0.2, 0) is 13.2 Å². The number of para-hydroxylation sites is 1. The monoisotopic (exact) mass is 421 g/mol. The van der Waals surface area contributed by atoms with Crippen LogP contribution in [-0.4, -0.2) is 43.2 Å². The molecule has 11 heteroatoms. The summed E-state index contributed by atoms with van der Waals surface area (Å²) >= 11 is 0. The number of rotatable bonds is 2. The molecule has 2 aromatic heterocycles. The third kappa shape index (κ3) is 3.40. The van der Waals surface area contributed by atoms with Gasteiger partial charge in [-0.05, 0) is 18.9 Å². The summed E-state index contributed by atoms with van der Waals surface area (Å²) in [6.45, 7) is 0.462. The average molecular weight is 421 g/mol. The maximum absolute atomic E-state index is 13.0. The highest BCUT2D eigenvalue weighted by molar-refractivity contribution is 6.05. The largest absolute Gasteiger partial charge is 0.451 e. The summed E-state index contributed by atoms with van der Waals surface area (Å²) in [4.78, 5) is 41.3. The normalized spacial score (nSPS) is 15.7. The van der Waals surface area contributed by atoms with Crippen molar-refractivity contribution in [1.82, 2.24) is 24.2 Å². The molecule has 158 valence electrons. The number of benzene rings is 1. The summed E-state index contributed by atoms with van der Waals surface area (Å²) in [7, 11) is 1.03. The van der Waals surface area contributed by atoms with E-state index in [0.717, 1.165) is 11.7 Å². The summed E-state index contributed by atoms with van der Waals surface area (Å²) in [6, 6.07) is 7.64. The van der Waals surface area contributed by atoms with Gasteiger partial charge in [0, 0.05) is 37.1 Å². The zero-order valence-corrected chi connectivity index (χ0v) is 15.9. The molecule has 0 saturated carbocycles. The Kier molecular flexibility index (Phi) is 4.75. The molecule has 0 atom stereocenters. The Morgan fingerprint density at radius 3 is 2.47 bits per heavy atom. The van der Waals surface area contributed by atoms with Gasteiger partial charge in [-0.1, -0.05) is 18.2 Å². The molecular formula is C19H18F3N5O3. The van der Waals surface area contributed by atoms with Crippen molar-refractivity contribution in [2.24, 2.45) is 7.05 Å². The van der Waals surface area contributed by atoms with Gasteiger partial charge in [0.2, 0.25) is 11.4 Å². The zero-order chi connectivity index (χ0) is 21.6. The molecule has 0 bridgehead atoms. The van der Waals surface area contributed by atoms with Crippen LogP contribution >= 0.6 is 0 Å². The molecule has 0 aliphatic carbocycles. The van der Waals surface area contributed by atoms with Crippen LogP contribution in [0.5, 0.6) is 0 Å². The van der Waals surface area contributed by atoms with Crippen LogP contribution in [0.15, 0.2) is 39.9 Å². The van der Waals surface area contributed by atoms with Gasteiger partial charge in [-0.15, -0.1) is 5.10 Å². The number of alkyl halides is 3. The second-order valence-electron chi connectivity index (χ2n) is 7.22. The molecule has 1 aromatic carbocycles. The van der Waals surface area contributed by atoms with Gasteiger partial charge in [-0.3, -0.25) is 14.2 Å². The van der Waals surface area contributed by atoms with Gasteiger partial charge in [-0.2, -0.15) is 13.2 Å². The van der Waals surface area contributed by atoms with E-state index in [9.17, 15) is 27.6 Å². The third-order valence-corrected chi connectivity index (χ3v) is 5.34. The molecule has 1 aliphatic rings. The van der Waals surface area contributed by atoms with E-state index in [0.29, 0.717) is 15.5 Å². The SMILES string of the molecule is Cn1c(C(F)(F)F)nn(C2CCN(C(=O)c3cc(=O)[nH]c4ccccc34)CC2)c1=O. The summed E-state index contributed by atoms with van der Waals surface area (Å²) in [5.41, 5.74) is -0.426. The Balaban J connectivity index is 1.56. The van der Waals surface area contributed by atoms with Gasteiger partial charge in [-0.25, -0.2) is 9.48 Å². The minimum absolute atomic E-state index is 0.231. The minimum Gasteiger partial charge on any atom is -0.338 e. The quantitative estimate of drug-likeness (QED) is 0.684. The predicted molar refractivity (Wildman–Crippen MR) is 101 cm³/mol. The number of piperidine rings is 1. The van der Waals surface area contributed by atoms with E-state index in [1.807, 2.05) is 0 Å². The number of carbonyl (C=O) groups is 1. The molecule has 1 aliphatic heterocycles. The van der Waals surface area contributed by atoms with Crippen molar-refractivity contribution in [2.45, 2.75) is 25.1 Å². The first-order valence-electron chi connectivity index (χ1n) is 9.31. The number of amides is 1. The number of H-pyrrole nitrogens is 1. The molecule has 0 radical (unpaired) electrons. The van der Waals surface area contributed by atoms with Crippen molar-refractivity contribution in [3.05, 3.63) is 62.6 Å². The van der Waals surface area contributed by atoms with Crippen molar-refractivity contribution in [3.63, 3.8) is 0 Å². The lowest BCUT2D eigenvalue weighted by molar-refractivity contribution is -0.147. The second-order valence-corrected chi connectivity index (χ2v) is 7.22. The van der Waals surface area contributed by atoms with Crippen LogP contribution < -0.4 is 11.2 Å². The van der Waals surface area contributed by atoms with Gasteiger partial charge in [0.05, 0.1) is 11.6 Å². The molecule has 4 rings (SSSR count). The lowest BCUT2D eigenvalue weighted by Gasteiger charge is -2.31. The van der Waals surface area contributed by atoms with Crippen LogP contribution in [0.25, 0.3) is 10.9 Å². The van der Waals surface area contributed by atoms with E-state index in [-0.39, 0.29) is 37.4 Å². The molecule has 1 saturated heterocycles. The number of likely N-dealkylation sites (tertiary alicyclic amines) is 1. The fourth-order valence-corrected chi connectivity index (χ4v) is 3.81. The Hall–Kier alpha value is -3.37. The average Bonchev–Trinajstić information content (AvgIpc) is 3.02. The molecule has 30 heavy (non-hydrogen) atoms. The summed E-state index contributed by atoms with van der Waals surface area (Å²) in [5, 5.41) is 4.09. The first-order valence-corrected chi connectivity index (χ1v) is 9.31. The van der Waals surface area contributed by atoms with Crippen LogP contribution in [0.4, 0.5) is 13.2 Å². The third-order valence-electron chi connectivity index (χ3n) is 5.34. The maximum Gasteiger partial charge on any atom is 0.451 e. The van der Waals surface area contributed by atoms with Crippen molar-refractivity contribution in [2.75, 3.05) is 13.1 Å². The van der Waals surface area contributed by atoms with E-state index >= 15 is 0 Å². The van der Waals surface area contributed by atoms with Crippen LogP contribution in [0.3, 0.4) is 0 Å². The lowest BCUT2D eigenvalue weighted by atomic mass is 10.0. The fourth-order valence-electron chi connectivity index (χ4n) is 3.81. The number of hydrogen-bond donors (Lipinski definition) is 1. The Labute approximate surface area is 167 Å². The predicted octanol–water partition coefficient (Wildman–Crippen LogP) is 1.92. The number of nitrogens with zero attached hydrogens (tertiary/aromatic N) is 4. The summed E-state index contributed by atoms with van der Waals surface area (Å²) < 4.78 is 40.4. The molecule has 1 fully saturated rings. The number of nitrogens with one attached hydrogen (secondary N) is 1. The number of aromatic nitrogens is 4. The smallest absolute Gasteiger partial charge is 0.338 e. The summed E-state index contributed by atoms with van der Waals surface area (Å²) in [5.74, 6) is -1.58. The van der Waals surface area contributed by atoms with E-state index < -0.39 is 29.3 Å². The number of hydrogen-bond acceptors (Lipinski definition) is 4. The number of pyridine rings is 1. The van der Waals surface area contributed by atoms with Gasteiger partial charge in [0.1, 0.15) is 0 Å². The number of fused-ring (bicyclic) bond motifs is 1. The molecule has 0 unspecified atom stereocenters. The van der Waals surface area contributed by atoms with E-state index in [2.05, 4.69) is 10.1 Å². The van der Waals surface area contributed by atoms with Crippen molar-refractivity contribution in [3.8, 4) is 0 Å². The molecule has 8 nitrogen and oxygen atoms in total. The van der Waals surface area contributed by atoms with Crippen molar-refractivity contribution in [1.29, 1.82) is 0 Å². The number of aromatic amines is 1. The highest BCUT2D eigenvalue weighted by Gasteiger charge is 2.39. The van der Waals surface area contributed by atoms with E-state index in [1.165, 1.54) is 11.0 Å². The van der Waals surface area contributed by atoms with Gasteiger partial charge in [0.15, 0.2) is 0 Å². The topological polar surface area (TPSA) is 93.0 Å². The molecule has 3 aromatic rings. The first kappa shape index (κ1) is 19.9. The van der Waals surface area contributed by atoms with Gasteiger partial charge >= 0.3 is 11.9 Å². The molecule has 0 spiro atoms. The highest BCUT2D eigenvalue weighted by Crippen LogP contribution is 2.28. The number of halogens is 3. The Bertz CT molecular complexity index is 1230. The number of carbonyl (C=O) groups excluding carboxylic acids is 1. The van der Waals surface area contributed by atoms with Gasteiger partial charge < -0.3 is 9.88 Å². The van der Waals surface area contributed by atoms with Crippen molar-refractivity contribution >= 4 is 16.8 Å². The van der Waals surface area contributed by atoms with Crippen LogP contribution in [0.1, 0.15) is 35.1 Å². The van der Waals surface area contributed by atoms with Crippen molar-refractivity contribution < 1.29 is 18.0 Å². The lowest BCUT2D eigenvalue weighted by Crippen LogP contribution is -2.41. The molecular weight excluding hydrogens is 403 g/mol. The van der Waals surface area contributed by atoms with Crippen LogP contribution in [0, 0.1) is 0 Å². The Morgan fingerprint density at radius 1 is 1.17 bits per heavy atom. The molecule has 1 N–H and O–H groups in total. The van der Waals surface area contributed by atoms with Gasteiger partial charge in [0.25, 0.3) is 5.91 Å².